The molecule has 0 aliphatic heterocycles. The second-order valence-corrected chi connectivity index (χ2v) is 11.7. The van der Waals surface area contributed by atoms with E-state index in [9.17, 15) is 9.59 Å². The first-order valence-electron chi connectivity index (χ1n) is 16.9. The predicted molar refractivity (Wildman–Crippen MR) is 184 cm³/mol. The molecule has 0 unspecified atom stereocenters. The van der Waals surface area contributed by atoms with E-state index in [1.807, 2.05) is 45.2 Å². The quantitative estimate of drug-likeness (QED) is 0.251. The summed E-state index contributed by atoms with van der Waals surface area (Å²) in [5, 5.41) is 3.03. The third kappa shape index (κ3) is 10.9. The number of H-pyrrole nitrogens is 1. The molecule has 44 heavy (non-hydrogen) atoms. The van der Waals surface area contributed by atoms with Gasteiger partial charge in [-0.3, -0.25) is 9.59 Å². The maximum atomic E-state index is 12.3. The van der Waals surface area contributed by atoms with E-state index in [1.165, 1.54) is 55.2 Å². The molecule has 0 bridgehead atoms. The SMILES string of the molecule is CC.CCC1CCC(C(=O)Nc2ccc(C)c(OC)c2)CC1.CCc1c(C)cc(C2CCC2)cc1C=O.CCc1ncc[nH]1. The molecular formula is C38H57N3O3. The zero-order valence-corrected chi connectivity index (χ0v) is 28.6. The van der Waals surface area contributed by atoms with Crippen molar-refractivity contribution >= 4 is 17.9 Å². The number of nitrogens with one attached hydrogen (secondary N) is 2. The summed E-state index contributed by atoms with van der Waals surface area (Å²) in [4.78, 5) is 30.3. The third-order valence-electron chi connectivity index (χ3n) is 8.95. The molecule has 1 aromatic heterocycles. The first-order valence-corrected chi connectivity index (χ1v) is 16.9. The Labute approximate surface area is 266 Å². The van der Waals surface area contributed by atoms with Gasteiger partial charge in [0.2, 0.25) is 5.91 Å². The van der Waals surface area contributed by atoms with Crippen LogP contribution in [0, 0.1) is 25.7 Å². The zero-order chi connectivity index (χ0) is 32.5. The topological polar surface area (TPSA) is 84.1 Å². The first-order chi connectivity index (χ1) is 21.3. The maximum absolute atomic E-state index is 12.3. The summed E-state index contributed by atoms with van der Waals surface area (Å²) in [6.45, 7) is 14.5. The molecule has 2 fully saturated rings. The van der Waals surface area contributed by atoms with Gasteiger partial charge < -0.3 is 15.0 Å². The highest BCUT2D eigenvalue weighted by atomic mass is 16.5. The highest BCUT2D eigenvalue weighted by Gasteiger charge is 2.25. The average molecular weight is 604 g/mol. The van der Waals surface area contributed by atoms with E-state index >= 15 is 0 Å². The van der Waals surface area contributed by atoms with Crippen LogP contribution < -0.4 is 10.1 Å². The number of carbonyl (C=O) groups is 2. The van der Waals surface area contributed by atoms with Crippen LogP contribution in [0.2, 0.25) is 0 Å². The average Bonchev–Trinajstić information content (AvgIpc) is 3.57. The molecule has 2 N–H and O–H groups in total. The molecule has 5 rings (SSSR count). The molecule has 2 aliphatic carbocycles. The van der Waals surface area contributed by atoms with Crippen LogP contribution in [0.5, 0.6) is 5.75 Å². The van der Waals surface area contributed by atoms with Gasteiger partial charge >= 0.3 is 0 Å². The number of amides is 1. The molecule has 6 heteroatoms. The number of methoxy groups -OCH3 is 1. The van der Waals surface area contributed by atoms with Crippen LogP contribution in [0.1, 0.15) is 130 Å². The Bertz CT molecular complexity index is 1260. The minimum absolute atomic E-state index is 0.158. The number of aromatic amines is 1. The summed E-state index contributed by atoms with van der Waals surface area (Å²) in [6, 6.07) is 10.2. The molecule has 0 radical (unpaired) electrons. The number of aldehydes is 1. The number of hydrogen-bond donors (Lipinski definition) is 2. The molecule has 0 atom stereocenters. The fourth-order valence-corrected chi connectivity index (χ4v) is 5.90. The van der Waals surface area contributed by atoms with Gasteiger partial charge in [0.15, 0.2) is 0 Å². The van der Waals surface area contributed by atoms with E-state index in [1.54, 1.807) is 13.3 Å². The number of nitrogens with zero attached hydrogens (tertiary/aromatic N) is 1. The van der Waals surface area contributed by atoms with Crippen molar-refractivity contribution in [1.82, 2.24) is 9.97 Å². The fraction of sp³-hybridized carbons (Fsp3) is 0.553. The number of ether oxygens (including phenoxy) is 1. The van der Waals surface area contributed by atoms with Crippen molar-refractivity contribution in [2.45, 2.75) is 119 Å². The van der Waals surface area contributed by atoms with E-state index in [0.717, 1.165) is 66.3 Å². The van der Waals surface area contributed by atoms with Gasteiger partial charge in [-0.05, 0) is 105 Å². The van der Waals surface area contributed by atoms with Crippen LogP contribution >= 0.6 is 0 Å². The van der Waals surface area contributed by atoms with Crippen LogP contribution in [-0.4, -0.2) is 29.3 Å². The molecule has 2 aliphatic rings. The summed E-state index contributed by atoms with van der Waals surface area (Å²) < 4.78 is 5.29. The Hall–Kier alpha value is -3.41. The van der Waals surface area contributed by atoms with Crippen molar-refractivity contribution in [2.75, 3.05) is 12.4 Å². The lowest BCUT2D eigenvalue weighted by Crippen LogP contribution is -2.27. The number of aromatic nitrogens is 2. The Morgan fingerprint density at radius 2 is 1.68 bits per heavy atom. The number of carbonyl (C=O) groups excluding carboxylic acids is 2. The standard InChI is InChI=1S/C17H25NO2.C14H18O.C5H8N2.C2H6/c1-4-13-6-8-14(9-7-13)17(19)18-15-10-5-12(2)16(11-15)20-3;1-3-14-10(2)7-12(8-13(14)9-15)11-5-4-6-11;1-2-5-6-3-4-7-5;1-2/h5,10-11,13-14H,4,6-9H2,1-3H3,(H,18,19);7-9,11H,3-6H2,1-2H3;3-4H,2H2,1H3,(H,6,7);1-2H3. The van der Waals surface area contributed by atoms with Gasteiger partial charge in [0.05, 0.1) is 7.11 Å². The van der Waals surface area contributed by atoms with Gasteiger partial charge in [-0.2, -0.15) is 0 Å². The lowest BCUT2D eigenvalue weighted by molar-refractivity contribution is -0.121. The second-order valence-electron chi connectivity index (χ2n) is 11.7. The van der Waals surface area contributed by atoms with Gasteiger partial charge in [-0.25, -0.2) is 4.98 Å². The molecule has 0 spiro atoms. The van der Waals surface area contributed by atoms with E-state index in [2.05, 4.69) is 55.1 Å². The number of rotatable bonds is 8. The van der Waals surface area contributed by atoms with Crippen molar-refractivity contribution in [3.8, 4) is 5.75 Å². The Balaban J connectivity index is 0.000000246. The van der Waals surface area contributed by atoms with Gasteiger partial charge in [0.25, 0.3) is 0 Å². The molecular weight excluding hydrogens is 546 g/mol. The molecule has 0 saturated heterocycles. The number of benzene rings is 2. The number of hydrogen-bond acceptors (Lipinski definition) is 4. The molecule has 1 amide bonds. The summed E-state index contributed by atoms with van der Waals surface area (Å²) in [6.07, 6.45) is 16.1. The second kappa shape index (κ2) is 19.8. The van der Waals surface area contributed by atoms with E-state index < -0.39 is 0 Å². The van der Waals surface area contributed by atoms with E-state index in [4.69, 9.17) is 4.74 Å². The van der Waals surface area contributed by atoms with Crippen molar-refractivity contribution in [3.63, 3.8) is 0 Å². The lowest BCUT2D eigenvalue weighted by Gasteiger charge is -2.27. The maximum Gasteiger partial charge on any atom is 0.227 e. The van der Waals surface area contributed by atoms with Gasteiger partial charge in [0.1, 0.15) is 17.9 Å². The van der Waals surface area contributed by atoms with Gasteiger partial charge in [0, 0.05) is 42.0 Å². The monoisotopic (exact) mass is 603 g/mol. The van der Waals surface area contributed by atoms with Crippen LogP contribution in [0.25, 0.3) is 0 Å². The Morgan fingerprint density at radius 1 is 0.977 bits per heavy atom. The van der Waals surface area contributed by atoms with Crippen molar-refractivity contribution in [3.05, 3.63) is 76.4 Å². The van der Waals surface area contributed by atoms with Gasteiger partial charge in [-0.15, -0.1) is 0 Å². The number of aryl methyl sites for hydroxylation is 3. The van der Waals surface area contributed by atoms with E-state index in [0.29, 0.717) is 5.92 Å². The molecule has 2 saturated carbocycles. The van der Waals surface area contributed by atoms with E-state index in [-0.39, 0.29) is 11.8 Å². The highest BCUT2D eigenvalue weighted by Crippen LogP contribution is 2.37. The Kier molecular flexibility index (Phi) is 16.5. The number of anilines is 1. The summed E-state index contributed by atoms with van der Waals surface area (Å²) in [5.41, 5.74) is 6.68. The van der Waals surface area contributed by atoms with Crippen molar-refractivity contribution in [1.29, 1.82) is 0 Å². The van der Waals surface area contributed by atoms with Crippen LogP contribution in [0.3, 0.4) is 0 Å². The zero-order valence-electron chi connectivity index (χ0n) is 28.6. The molecule has 1 heterocycles. The van der Waals surface area contributed by atoms with Crippen LogP contribution in [-0.2, 0) is 17.6 Å². The molecule has 6 nitrogen and oxygen atoms in total. The Morgan fingerprint density at radius 3 is 2.16 bits per heavy atom. The third-order valence-corrected chi connectivity index (χ3v) is 8.95. The fourth-order valence-electron chi connectivity index (χ4n) is 5.90. The molecule has 242 valence electrons. The first kappa shape index (κ1) is 36.8. The summed E-state index contributed by atoms with van der Waals surface area (Å²) in [5.74, 6) is 3.74. The molecule has 2 aromatic carbocycles. The minimum Gasteiger partial charge on any atom is -0.496 e. The van der Waals surface area contributed by atoms with Crippen LogP contribution in [0.4, 0.5) is 5.69 Å². The van der Waals surface area contributed by atoms with Crippen molar-refractivity contribution in [2.24, 2.45) is 11.8 Å². The highest BCUT2D eigenvalue weighted by molar-refractivity contribution is 5.92. The van der Waals surface area contributed by atoms with Crippen molar-refractivity contribution < 1.29 is 14.3 Å². The number of imidazole rings is 1. The predicted octanol–water partition coefficient (Wildman–Crippen LogP) is 9.79. The smallest absolute Gasteiger partial charge is 0.227 e. The summed E-state index contributed by atoms with van der Waals surface area (Å²) in [7, 11) is 1.65. The lowest BCUT2D eigenvalue weighted by atomic mass is 9.78. The largest absolute Gasteiger partial charge is 0.496 e. The molecule has 3 aromatic rings. The normalized spacial score (nSPS) is 17.3. The van der Waals surface area contributed by atoms with Crippen LogP contribution in [0.15, 0.2) is 42.7 Å². The summed E-state index contributed by atoms with van der Waals surface area (Å²) >= 11 is 0. The van der Waals surface area contributed by atoms with Gasteiger partial charge in [-0.1, -0.05) is 59.6 Å². The minimum atomic E-state index is 0.158.